The van der Waals surface area contributed by atoms with Gasteiger partial charge in [-0.2, -0.15) is 0 Å². The Morgan fingerprint density at radius 2 is 1.80 bits per heavy atom. The van der Waals surface area contributed by atoms with E-state index in [4.69, 9.17) is 10.5 Å². The SMILES string of the molecule is Cl.NCc1ccc(C(=O)N(CCc2ccccc2)C2CCOC2)cc1. The number of benzene rings is 2. The number of amides is 1. The predicted octanol–water partition coefficient (Wildman–Crippen LogP) is 3.04. The van der Waals surface area contributed by atoms with Crippen molar-refractivity contribution >= 4 is 18.3 Å². The van der Waals surface area contributed by atoms with E-state index in [0.29, 0.717) is 25.3 Å². The Morgan fingerprint density at radius 3 is 2.40 bits per heavy atom. The molecule has 0 aromatic heterocycles. The third kappa shape index (κ3) is 5.05. The highest BCUT2D eigenvalue weighted by Gasteiger charge is 2.27. The molecule has 1 atom stereocenters. The third-order valence-electron chi connectivity index (χ3n) is 4.53. The number of carbonyl (C=O) groups is 1. The molecule has 0 aliphatic carbocycles. The summed E-state index contributed by atoms with van der Waals surface area (Å²) in [5.41, 5.74) is 8.63. The van der Waals surface area contributed by atoms with Crippen molar-refractivity contribution in [2.24, 2.45) is 5.73 Å². The first kappa shape index (κ1) is 19.4. The molecule has 1 amide bonds. The summed E-state index contributed by atoms with van der Waals surface area (Å²) in [6, 6.07) is 18.0. The van der Waals surface area contributed by atoms with E-state index in [1.165, 1.54) is 5.56 Å². The van der Waals surface area contributed by atoms with Crippen molar-refractivity contribution in [1.82, 2.24) is 4.90 Å². The topological polar surface area (TPSA) is 55.6 Å². The Kier molecular flexibility index (Phi) is 7.44. The van der Waals surface area contributed by atoms with E-state index in [1.54, 1.807) is 0 Å². The molecule has 1 heterocycles. The van der Waals surface area contributed by atoms with Crippen LogP contribution in [0.4, 0.5) is 0 Å². The van der Waals surface area contributed by atoms with Gasteiger partial charge < -0.3 is 15.4 Å². The quantitative estimate of drug-likeness (QED) is 0.861. The van der Waals surface area contributed by atoms with Crippen molar-refractivity contribution < 1.29 is 9.53 Å². The summed E-state index contributed by atoms with van der Waals surface area (Å²) < 4.78 is 5.50. The second kappa shape index (κ2) is 9.56. The highest BCUT2D eigenvalue weighted by molar-refractivity contribution is 5.94. The minimum atomic E-state index is 0. The van der Waals surface area contributed by atoms with E-state index in [1.807, 2.05) is 47.4 Å². The molecule has 2 aromatic rings. The number of rotatable bonds is 6. The molecule has 0 bridgehead atoms. The summed E-state index contributed by atoms with van der Waals surface area (Å²) in [6.45, 7) is 2.55. The molecule has 5 heteroatoms. The lowest BCUT2D eigenvalue weighted by Crippen LogP contribution is -2.42. The Labute approximate surface area is 155 Å². The molecule has 1 aliphatic rings. The number of ether oxygens (including phenoxy) is 1. The standard InChI is InChI=1S/C20H24N2O2.ClH/c21-14-17-6-8-18(9-7-17)20(23)22(19-11-13-24-15-19)12-10-16-4-2-1-3-5-16;/h1-9,19H,10-15,21H2;1H. The van der Waals surface area contributed by atoms with Gasteiger partial charge in [0.15, 0.2) is 0 Å². The zero-order chi connectivity index (χ0) is 16.8. The number of hydrogen-bond acceptors (Lipinski definition) is 3. The first-order valence-corrected chi connectivity index (χ1v) is 8.49. The van der Waals surface area contributed by atoms with Crippen molar-refractivity contribution in [3.8, 4) is 0 Å². The largest absolute Gasteiger partial charge is 0.379 e. The van der Waals surface area contributed by atoms with Gasteiger partial charge in [-0.1, -0.05) is 42.5 Å². The van der Waals surface area contributed by atoms with E-state index >= 15 is 0 Å². The summed E-state index contributed by atoms with van der Waals surface area (Å²) in [7, 11) is 0. The summed E-state index contributed by atoms with van der Waals surface area (Å²) in [5.74, 6) is 0.0741. The molecule has 0 radical (unpaired) electrons. The minimum Gasteiger partial charge on any atom is -0.379 e. The zero-order valence-electron chi connectivity index (χ0n) is 14.3. The van der Waals surface area contributed by atoms with E-state index in [-0.39, 0.29) is 24.4 Å². The zero-order valence-corrected chi connectivity index (χ0v) is 15.1. The summed E-state index contributed by atoms with van der Waals surface area (Å²) in [6.07, 6.45) is 1.76. The molecule has 4 nitrogen and oxygen atoms in total. The van der Waals surface area contributed by atoms with Crippen LogP contribution in [0.25, 0.3) is 0 Å². The van der Waals surface area contributed by atoms with Crippen molar-refractivity contribution in [2.45, 2.75) is 25.4 Å². The van der Waals surface area contributed by atoms with Crippen LogP contribution in [0.15, 0.2) is 54.6 Å². The maximum absolute atomic E-state index is 13.0. The Bertz CT molecular complexity index is 655. The lowest BCUT2D eigenvalue weighted by atomic mass is 10.1. The van der Waals surface area contributed by atoms with Gasteiger partial charge in [0.25, 0.3) is 5.91 Å². The van der Waals surface area contributed by atoms with Crippen LogP contribution in [0.3, 0.4) is 0 Å². The predicted molar refractivity (Wildman–Crippen MR) is 102 cm³/mol. The van der Waals surface area contributed by atoms with E-state index < -0.39 is 0 Å². The number of nitrogens with zero attached hydrogens (tertiary/aromatic N) is 1. The van der Waals surface area contributed by atoms with Crippen LogP contribution in [-0.2, 0) is 17.7 Å². The first-order valence-electron chi connectivity index (χ1n) is 8.49. The molecule has 2 aromatic carbocycles. The molecular formula is C20H25ClN2O2. The molecule has 1 saturated heterocycles. The number of carbonyl (C=O) groups excluding carboxylic acids is 1. The monoisotopic (exact) mass is 360 g/mol. The highest BCUT2D eigenvalue weighted by atomic mass is 35.5. The second-order valence-corrected chi connectivity index (χ2v) is 6.15. The third-order valence-corrected chi connectivity index (χ3v) is 4.53. The average molecular weight is 361 g/mol. The van der Waals surface area contributed by atoms with E-state index in [0.717, 1.165) is 25.0 Å². The van der Waals surface area contributed by atoms with Gasteiger partial charge in [-0.05, 0) is 36.1 Å². The van der Waals surface area contributed by atoms with Crippen LogP contribution in [0.1, 0.15) is 27.9 Å². The van der Waals surface area contributed by atoms with Crippen molar-refractivity contribution in [3.05, 3.63) is 71.3 Å². The Balaban J connectivity index is 0.00000225. The summed E-state index contributed by atoms with van der Waals surface area (Å²) >= 11 is 0. The first-order chi connectivity index (χ1) is 11.8. The van der Waals surface area contributed by atoms with Crippen LogP contribution < -0.4 is 5.73 Å². The molecular weight excluding hydrogens is 336 g/mol. The fourth-order valence-electron chi connectivity index (χ4n) is 3.06. The van der Waals surface area contributed by atoms with Crippen molar-refractivity contribution in [3.63, 3.8) is 0 Å². The van der Waals surface area contributed by atoms with Crippen molar-refractivity contribution in [2.75, 3.05) is 19.8 Å². The Hall–Kier alpha value is -1.88. The molecule has 3 rings (SSSR count). The van der Waals surface area contributed by atoms with Crippen LogP contribution in [0.5, 0.6) is 0 Å². The van der Waals surface area contributed by atoms with Gasteiger partial charge >= 0.3 is 0 Å². The number of hydrogen-bond donors (Lipinski definition) is 1. The smallest absolute Gasteiger partial charge is 0.254 e. The van der Waals surface area contributed by atoms with E-state index in [9.17, 15) is 4.79 Å². The van der Waals surface area contributed by atoms with Crippen LogP contribution in [0, 0.1) is 0 Å². The van der Waals surface area contributed by atoms with Gasteiger partial charge in [-0.15, -0.1) is 12.4 Å². The normalized spacial score (nSPS) is 16.3. The minimum absolute atomic E-state index is 0. The highest BCUT2D eigenvalue weighted by Crippen LogP contribution is 2.17. The van der Waals surface area contributed by atoms with Gasteiger partial charge in [0.05, 0.1) is 12.6 Å². The van der Waals surface area contributed by atoms with Gasteiger partial charge in [0.2, 0.25) is 0 Å². The Morgan fingerprint density at radius 1 is 1.08 bits per heavy atom. The van der Waals surface area contributed by atoms with Crippen LogP contribution in [-0.4, -0.2) is 36.6 Å². The number of nitrogens with two attached hydrogens (primary N) is 1. The average Bonchev–Trinajstić information content (AvgIpc) is 3.17. The summed E-state index contributed by atoms with van der Waals surface area (Å²) in [4.78, 5) is 15.0. The van der Waals surface area contributed by atoms with E-state index in [2.05, 4.69) is 12.1 Å². The maximum Gasteiger partial charge on any atom is 0.254 e. The molecule has 134 valence electrons. The lowest BCUT2D eigenvalue weighted by molar-refractivity contribution is 0.0656. The molecule has 0 spiro atoms. The molecule has 1 aliphatic heterocycles. The van der Waals surface area contributed by atoms with Crippen molar-refractivity contribution in [1.29, 1.82) is 0 Å². The molecule has 25 heavy (non-hydrogen) atoms. The van der Waals surface area contributed by atoms with Crippen LogP contribution in [0.2, 0.25) is 0 Å². The number of halogens is 1. The van der Waals surface area contributed by atoms with Crippen LogP contribution >= 0.6 is 12.4 Å². The molecule has 1 unspecified atom stereocenters. The van der Waals surface area contributed by atoms with Gasteiger partial charge in [0, 0.05) is 25.3 Å². The maximum atomic E-state index is 13.0. The molecule has 2 N–H and O–H groups in total. The van der Waals surface area contributed by atoms with Gasteiger partial charge in [0.1, 0.15) is 0 Å². The van der Waals surface area contributed by atoms with Gasteiger partial charge in [-0.3, -0.25) is 4.79 Å². The molecule has 1 fully saturated rings. The lowest BCUT2D eigenvalue weighted by Gasteiger charge is -2.28. The second-order valence-electron chi connectivity index (χ2n) is 6.15. The fraction of sp³-hybridized carbons (Fsp3) is 0.350. The summed E-state index contributed by atoms with van der Waals surface area (Å²) in [5, 5.41) is 0. The molecule has 0 saturated carbocycles. The van der Waals surface area contributed by atoms with Gasteiger partial charge in [-0.25, -0.2) is 0 Å². The fourth-order valence-corrected chi connectivity index (χ4v) is 3.06.